The minimum absolute atomic E-state index is 0.116. The minimum atomic E-state index is -4.46. The second-order valence-electron chi connectivity index (χ2n) is 7.37. The highest BCUT2D eigenvalue weighted by atomic mass is 19.4. The average molecular weight is 426 g/mol. The number of halogens is 3. The smallest absolute Gasteiger partial charge is 0.339 e. The molecule has 2 aromatic carbocycles. The Kier molecular flexibility index (Phi) is 5.63. The number of Topliss-reactive ketones (excluding diaryl/α,β-unsaturated/α-hetero) is 1. The second-order valence-corrected chi connectivity index (χ2v) is 7.37. The van der Waals surface area contributed by atoms with Gasteiger partial charge < -0.3 is 10.6 Å². The van der Waals surface area contributed by atoms with Gasteiger partial charge in [0.05, 0.1) is 16.8 Å². The van der Waals surface area contributed by atoms with Crippen LogP contribution in [0.1, 0.15) is 46.9 Å². The summed E-state index contributed by atoms with van der Waals surface area (Å²) in [6.45, 7) is 2.07. The molecule has 0 spiro atoms. The van der Waals surface area contributed by atoms with E-state index in [1.165, 1.54) is 17.7 Å². The summed E-state index contributed by atoms with van der Waals surface area (Å²) in [5.74, 6) is 0.378. The Labute approximate surface area is 177 Å². The minimum Gasteiger partial charge on any atom is -0.339 e. The van der Waals surface area contributed by atoms with Crippen molar-refractivity contribution in [3.63, 3.8) is 0 Å². The number of fused-ring (bicyclic) bond motifs is 1. The highest BCUT2D eigenvalue weighted by Crippen LogP contribution is 2.33. The summed E-state index contributed by atoms with van der Waals surface area (Å²) in [6.07, 6.45) is -1.90. The molecule has 1 aliphatic carbocycles. The highest BCUT2D eigenvalue weighted by Gasteiger charge is 2.31. The van der Waals surface area contributed by atoms with E-state index in [4.69, 9.17) is 0 Å². The zero-order chi connectivity index (χ0) is 22.0. The van der Waals surface area contributed by atoms with Crippen LogP contribution in [0.5, 0.6) is 0 Å². The number of aromatic nitrogens is 2. The van der Waals surface area contributed by atoms with Gasteiger partial charge in [-0.05, 0) is 55.2 Å². The number of aryl methyl sites for hydroxylation is 2. The van der Waals surface area contributed by atoms with Crippen molar-refractivity contribution in [2.24, 2.45) is 0 Å². The number of hydrogen-bond donors (Lipinski definition) is 2. The fourth-order valence-corrected chi connectivity index (χ4v) is 3.53. The van der Waals surface area contributed by atoms with Crippen molar-refractivity contribution in [1.29, 1.82) is 0 Å². The Bertz CT molecular complexity index is 1110. The van der Waals surface area contributed by atoms with Gasteiger partial charge in [0.25, 0.3) is 0 Å². The maximum Gasteiger partial charge on any atom is 0.416 e. The van der Waals surface area contributed by atoms with E-state index >= 15 is 0 Å². The van der Waals surface area contributed by atoms with Crippen LogP contribution in [0.4, 0.5) is 36.3 Å². The molecule has 0 bridgehead atoms. The van der Waals surface area contributed by atoms with Gasteiger partial charge in [-0.2, -0.15) is 18.2 Å². The number of benzene rings is 2. The molecule has 2 N–H and O–H groups in total. The molecule has 0 aliphatic heterocycles. The van der Waals surface area contributed by atoms with E-state index in [-0.39, 0.29) is 23.2 Å². The number of alkyl halides is 3. The van der Waals surface area contributed by atoms with Gasteiger partial charge in [-0.1, -0.05) is 25.1 Å². The summed E-state index contributed by atoms with van der Waals surface area (Å²) in [7, 11) is 0. The Balaban J connectivity index is 1.70. The van der Waals surface area contributed by atoms with Crippen LogP contribution in [-0.4, -0.2) is 15.8 Å². The Morgan fingerprint density at radius 3 is 2.45 bits per heavy atom. The molecule has 4 rings (SSSR count). The van der Waals surface area contributed by atoms with Gasteiger partial charge in [0.15, 0.2) is 5.78 Å². The zero-order valence-electron chi connectivity index (χ0n) is 16.9. The Hall–Kier alpha value is -3.42. The SMILES string of the molecule is CCc1ccc(Nc2nc3c(c(Nc4cccc(C(F)(F)F)c4)n2)C(=O)CCC3)cc1. The summed E-state index contributed by atoms with van der Waals surface area (Å²) < 4.78 is 39.3. The third kappa shape index (κ3) is 4.68. The van der Waals surface area contributed by atoms with Gasteiger partial charge in [0.1, 0.15) is 5.82 Å². The molecule has 1 aromatic heterocycles. The zero-order valence-corrected chi connectivity index (χ0v) is 16.9. The normalized spacial score (nSPS) is 13.6. The van der Waals surface area contributed by atoms with Crippen molar-refractivity contribution in [3.8, 4) is 0 Å². The van der Waals surface area contributed by atoms with Crippen molar-refractivity contribution in [3.05, 3.63) is 70.9 Å². The van der Waals surface area contributed by atoms with Gasteiger partial charge in [-0.3, -0.25) is 4.79 Å². The largest absolute Gasteiger partial charge is 0.416 e. The molecule has 160 valence electrons. The Morgan fingerprint density at radius 2 is 1.74 bits per heavy atom. The van der Waals surface area contributed by atoms with Gasteiger partial charge in [0, 0.05) is 17.8 Å². The van der Waals surface area contributed by atoms with Crippen LogP contribution >= 0.6 is 0 Å². The number of hydrogen-bond acceptors (Lipinski definition) is 5. The number of ketones is 1. The maximum atomic E-state index is 13.1. The maximum absolute atomic E-state index is 13.1. The molecular weight excluding hydrogens is 405 g/mol. The molecule has 3 aromatic rings. The monoisotopic (exact) mass is 426 g/mol. The lowest BCUT2D eigenvalue weighted by molar-refractivity contribution is -0.137. The third-order valence-corrected chi connectivity index (χ3v) is 5.15. The van der Waals surface area contributed by atoms with E-state index in [1.807, 2.05) is 24.3 Å². The van der Waals surface area contributed by atoms with Gasteiger partial charge >= 0.3 is 6.18 Å². The quantitative estimate of drug-likeness (QED) is 0.519. The molecule has 1 aliphatic rings. The molecule has 0 saturated heterocycles. The van der Waals surface area contributed by atoms with E-state index < -0.39 is 11.7 Å². The molecule has 1 heterocycles. The molecular formula is C23H21F3N4O. The first-order chi connectivity index (χ1) is 14.8. The number of rotatable bonds is 5. The second kappa shape index (κ2) is 8.37. The highest BCUT2D eigenvalue weighted by molar-refractivity contribution is 6.03. The van der Waals surface area contributed by atoms with Crippen LogP contribution in [0.3, 0.4) is 0 Å². The standard InChI is InChI=1S/C23H21F3N4O/c1-2-14-9-11-16(12-10-14)28-22-29-18-7-4-8-19(31)20(18)21(30-22)27-17-6-3-5-15(13-17)23(24,25)26/h3,5-6,9-13H,2,4,7-8H2,1H3,(H2,27,28,29,30). The summed E-state index contributed by atoms with van der Waals surface area (Å²) >= 11 is 0. The van der Waals surface area contributed by atoms with Crippen LogP contribution in [0.25, 0.3) is 0 Å². The predicted octanol–water partition coefficient (Wildman–Crippen LogP) is 6.06. The predicted molar refractivity (Wildman–Crippen MR) is 113 cm³/mol. The topological polar surface area (TPSA) is 66.9 Å². The summed E-state index contributed by atoms with van der Waals surface area (Å²) in [6, 6.07) is 12.6. The van der Waals surface area contributed by atoms with Gasteiger partial charge in [-0.25, -0.2) is 4.98 Å². The van der Waals surface area contributed by atoms with E-state index in [0.29, 0.717) is 30.5 Å². The van der Waals surface area contributed by atoms with Crippen LogP contribution in [-0.2, 0) is 19.0 Å². The van der Waals surface area contributed by atoms with E-state index in [9.17, 15) is 18.0 Å². The summed E-state index contributed by atoms with van der Waals surface area (Å²) in [5.41, 5.74) is 2.33. The Morgan fingerprint density at radius 1 is 0.968 bits per heavy atom. The van der Waals surface area contributed by atoms with Crippen molar-refractivity contribution in [1.82, 2.24) is 9.97 Å². The molecule has 0 atom stereocenters. The summed E-state index contributed by atoms with van der Waals surface area (Å²) in [5, 5.41) is 6.04. The van der Waals surface area contributed by atoms with Gasteiger partial charge in [0.2, 0.25) is 5.95 Å². The lowest BCUT2D eigenvalue weighted by Crippen LogP contribution is -2.18. The van der Waals surface area contributed by atoms with Crippen LogP contribution in [0, 0.1) is 0 Å². The lowest BCUT2D eigenvalue weighted by atomic mass is 9.95. The first-order valence-corrected chi connectivity index (χ1v) is 10.1. The first kappa shape index (κ1) is 20.8. The number of anilines is 4. The van der Waals surface area contributed by atoms with E-state index in [2.05, 4.69) is 27.5 Å². The fraction of sp³-hybridized carbons (Fsp3) is 0.261. The fourth-order valence-electron chi connectivity index (χ4n) is 3.53. The molecule has 5 nitrogen and oxygen atoms in total. The van der Waals surface area contributed by atoms with E-state index in [0.717, 1.165) is 24.2 Å². The molecule has 0 radical (unpaired) electrons. The molecule has 0 fully saturated rings. The van der Waals surface area contributed by atoms with Crippen molar-refractivity contribution >= 4 is 28.9 Å². The third-order valence-electron chi connectivity index (χ3n) is 5.15. The van der Waals surface area contributed by atoms with Crippen LogP contribution in [0.15, 0.2) is 48.5 Å². The van der Waals surface area contributed by atoms with Crippen molar-refractivity contribution < 1.29 is 18.0 Å². The molecule has 0 saturated carbocycles. The van der Waals surface area contributed by atoms with Crippen LogP contribution in [0.2, 0.25) is 0 Å². The number of carbonyl (C=O) groups excluding carboxylic acids is 1. The van der Waals surface area contributed by atoms with Crippen molar-refractivity contribution in [2.45, 2.75) is 38.8 Å². The molecule has 0 amide bonds. The molecule has 8 heteroatoms. The first-order valence-electron chi connectivity index (χ1n) is 10.1. The number of nitrogens with one attached hydrogen (secondary N) is 2. The van der Waals surface area contributed by atoms with Gasteiger partial charge in [-0.15, -0.1) is 0 Å². The molecule has 0 unspecified atom stereocenters. The van der Waals surface area contributed by atoms with E-state index in [1.54, 1.807) is 0 Å². The lowest BCUT2D eigenvalue weighted by Gasteiger charge is -2.20. The average Bonchev–Trinajstić information content (AvgIpc) is 2.74. The molecule has 31 heavy (non-hydrogen) atoms. The van der Waals surface area contributed by atoms with Crippen LogP contribution < -0.4 is 10.6 Å². The number of nitrogens with zero attached hydrogens (tertiary/aromatic N) is 2. The van der Waals surface area contributed by atoms with Crippen molar-refractivity contribution in [2.75, 3.05) is 10.6 Å². The summed E-state index contributed by atoms with van der Waals surface area (Å²) in [4.78, 5) is 21.5. The number of carbonyl (C=O) groups is 1.